The van der Waals surface area contributed by atoms with Gasteiger partial charge in [-0.15, -0.1) is 0 Å². The van der Waals surface area contributed by atoms with E-state index in [-0.39, 0.29) is 5.82 Å². The molecule has 0 unspecified atom stereocenters. The second-order valence-corrected chi connectivity index (χ2v) is 7.78. The molecule has 0 spiro atoms. The van der Waals surface area contributed by atoms with E-state index in [2.05, 4.69) is 35.2 Å². The van der Waals surface area contributed by atoms with Crippen molar-refractivity contribution in [2.24, 2.45) is 0 Å². The van der Waals surface area contributed by atoms with Gasteiger partial charge in [0.05, 0.1) is 22.5 Å². The lowest BCUT2D eigenvalue weighted by atomic mass is 10.0. The van der Waals surface area contributed by atoms with E-state index in [1.807, 2.05) is 0 Å². The molecule has 0 bridgehead atoms. The lowest BCUT2D eigenvalue weighted by molar-refractivity contribution is 0.424. The van der Waals surface area contributed by atoms with Crippen LogP contribution in [0.1, 0.15) is 23.7 Å². The van der Waals surface area contributed by atoms with Gasteiger partial charge in [0, 0.05) is 24.1 Å². The van der Waals surface area contributed by atoms with E-state index in [0.717, 1.165) is 52.6 Å². The molecule has 4 nitrogen and oxygen atoms in total. The first-order valence-electron chi connectivity index (χ1n) is 9.09. The summed E-state index contributed by atoms with van der Waals surface area (Å²) in [5.41, 5.74) is 5.28. The molecule has 4 aromatic rings. The fourth-order valence-electron chi connectivity index (χ4n) is 3.52. The molecule has 0 N–H and O–H groups in total. The lowest BCUT2D eigenvalue weighted by Crippen LogP contribution is -2.30. The van der Waals surface area contributed by atoms with Crippen LogP contribution in [-0.2, 0) is 19.4 Å². The molecule has 0 fully saturated rings. The summed E-state index contributed by atoms with van der Waals surface area (Å²) >= 11 is 1.73. The summed E-state index contributed by atoms with van der Waals surface area (Å²) in [6.45, 7) is 3.73. The molecule has 0 radical (unpaired) electrons. The monoisotopic (exact) mass is 379 g/mol. The molecule has 5 rings (SSSR count). The number of anilines is 1. The molecule has 27 heavy (non-hydrogen) atoms. The zero-order chi connectivity index (χ0) is 18.4. The first-order valence-corrected chi connectivity index (χ1v) is 9.90. The van der Waals surface area contributed by atoms with Gasteiger partial charge < -0.3 is 9.42 Å². The summed E-state index contributed by atoms with van der Waals surface area (Å²) in [7, 11) is 0. The van der Waals surface area contributed by atoms with Gasteiger partial charge >= 0.3 is 0 Å². The molecular weight excluding hydrogens is 361 g/mol. The van der Waals surface area contributed by atoms with E-state index >= 15 is 0 Å². The van der Waals surface area contributed by atoms with Crippen molar-refractivity contribution in [2.75, 3.05) is 11.4 Å². The summed E-state index contributed by atoms with van der Waals surface area (Å²) in [5.74, 6) is 0.471. The predicted molar refractivity (Wildman–Crippen MR) is 106 cm³/mol. The third kappa shape index (κ3) is 2.90. The van der Waals surface area contributed by atoms with Gasteiger partial charge in [-0.05, 0) is 48.4 Å². The second kappa shape index (κ2) is 6.46. The van der Waals surface area contributed by atoms with Crippen LogP contribution in [0.3, 0.4) is 0 Å². The average Bonchev–Trinajstić information content (AvgIpc) is 3.31. The highest BCUT2D eigenvalue weighted by Gasteiger charge is 2.26. The SMILES string of the molecule is CCc1ccc2nc(N3CCc4noc(-c5ccc(F)cc5)c4C3)sc2c1. The first kappa shape index (κ1) is 16.4. The Morgan fingerprint density at radius 2 is 2.04 bits per heavy atom. The number of aromatic nitrogens is 2. The normalized spacial score (nSPS) is 13.9. The van der Waals surface area contributed by atoms with Crippen molar-refractivity contribution in [1.29, 1.82) is 0 Å². The van der Waals surface area contributed by atoms with Crippen molar-refractivity contribution < 1.29 is 8.91 Å². The van der Waals surface area contributed by atoms with Crippen LogP contribution in [0, 0.1) is 5.82 Å². The van der Waals surface area contributed by atoms with E-state index in [9.17, 15) is 4.39 Å². The summed E-state index contributed by atoms with van der Waals surface area (Å²) in [6, 6.07) is 12.8. The highest BCUT2D eigenvalue weighted by Crippen LogP contribution is 2.35. The van der Waals surface area contributed by atoms with Gasteiger partial charge in [-0.3, -0.25) is 0 Å². The van der Waals surface area contributed by atoms with Gasteiger partial charge in [-0.1, -0.05) is 29.5 Å². The standard InChI is InChI=1S/C21H18FN3OS/c1-2-13-3-8-18-19(11-13)27-21(23-18)25-10-9-17-16(12-25)20(26-24-17)14-4-6-15(22)7-5-14/h3-8,11H,2,9-10,12H2,1H3. The van der Waals surface area contributed by atoms with E-state index < -0.39 is 0 Å². The summed E-state index contributed by atoms with van der Waals surface area (Å²) in [6.07, 6.45) is 1.84. The molecule has 1 aliphatic heterocycles. The molecule has 136 valence electrons. The number of rotatable bonds is 3. The van der Waals surface area contributed by atoms with Gasteiger partial charge in [0.25, 0.3) is 0 Å². The average molecular weight is 379 g/mol. The number of nitrogens with zero attached hydrogens (tertiary/aromatic N) is 3. The van der Waals surface area contributed by atoms with Crippen LogP contribution in [0.2, 0.25) is 0 Å². The lowest BCUT2D eigenvalue weighted by Gasteiger charge is -2.25. The first-order chi connectivity index (χ1) is 13.2. The smallest absolute Gasteiger partial charge is 0.186 e. The van der Waals surface area contributed by atoms with Gasteiger partial charge in [-0.2, -0.15) is 0 Å². The minimum Gasteiger partial charge on any atom is -0.356 e. The zero-order valence-electron chi connectivity index (χ0n) is 14.9. The van der Waals surface area contributed by atoms with Crippen molar-refractivity contribution in [1.82, 2.24) is 10.1 Å². The van der Waals surface area contributed by atoms with Crippen molar-refractivity contribution in [2.45, 2.75) is 26.3 Å². The molecule has 0 atom stereocenters. The van der Waals surface area contributed by atoms with Gasteiger partial charge in [0.1, 0.15) is 5.82 Å². The molecule has 6 heteroatoms. The Kier molecular flexibility index (Phi) is 3.93. The summed E-state index contributed by atoms with van der Waals surface area (Å²) in [4.78, 5) is 7.11. The van der Waals surface area contributed by atoms with E-state index in [1.165, 1.54) is 22.4 Å². The minimum absolute atomic E-state index is 0.255. The molecule has 0 saturated heterocycles. The van der Waals surface area contributed by atoms with Crippen molar-refractivity contribution >= 4 is 26.7 Å². The summed E-state index contributed by atoms with van der Waals surface area (Å²) < 4.78 is 20.1. The van der Waals surface area contributed by atoms with Crippen LogP contribution in [0.5, 0.6) is 0 Å². The van der Waals surface area contributed by atoms with E-state index in [0.29, 0.717) is 6.54 Å². The van der Waals surface area contributed by atoms with Crippen LogP contribution in [0.15, 0.2) is 47.0 Å². The number of benzene rings is 2. The maximum absolute atomic E-state index is 13.2. The quantitative estimate of drug-likeness (QED) is 0.490. The Hall–Kier alpha value is -2.73. The van der Waals surface area contributed by atoms with Crippen LogP contribution < -0.4 is 4.90 Å². The van der Waals surface area contributed by atoms with Crippen LogP contribution in [0.4, 0.5) is 9.52 Å². The Morgan fingerprint density at radius 1 is 1.19 bits per heavy atom. The molecule has 1 aliphatic rings. The topological polar surface area (TPSA) is 42.2 Å². The third-order valence-corrected chi connectivity index (χ3v) is 6.14. The van der Waals surface area contributed by atoms with Crippen LogP contribution in [0.25, 0.3) is 21.5 Å². The van der Waals surface area contributed by atoms with Crippen molar-refractivity contribution in [3.63, 3.8) is 0 Å². The van der Waals surface area contributed by atoms with Crippen LogP contribution >= 0.6 is 11.3 Å². The van der Waals surface area contributed by atoms with E-state index in [1.54, 1.807) is 23.5 Å². The third-order valence-electron chi connectivity index (χ3n) is 5.06. The molecule has 3 heterocycles. The number of fused-ring (bicyclic) bond motifs is 2. The number of aryl methyl sites for hydroxylation is 1. The Labute approximate surface area is 160 Å². The Balaban J connectivity index is 1.49. The molecular formula is C21H18FN3OS. The fraction of sp³-hybridized carbons (Fsp3) is 0.238. The highest BCUT2D eigenvalue weighted by atomic mass is 32.1. The zero-order valence-corrected chi connectivity index (χ0v) is 15.7. The Bertz CT molecular complexity index is 1120. The summed E-state index contributed by atoms with van der Waals surface area (Å²) in [5, 5.41) is 5.26. The largest absolute Gasteiger partial charge is 0.356 e. The Morgan fingerprint density at radius 3 is 2.85 bits per heavy atom. The van der Waals surface area contributed by atoms with E-state index in [4.69, 9.17) is 9.51 Å². The predicted octanol–water partition coefficient (Wildman–Crippen LogP) is 5.22. The minimum atomic E-state index is -0.255. The van der Waals surface area contributed by atoms with Crippen LogP contribution in [-0.4, -0.2) is 16.7 Å². The molecule has 2 aromatic heterocycles. The van der Waals surface area contributed by atoms with Gasteiger partial charge in [0.2, 0.25) is 0 Å². The fourth-order valence-corrected chi connectivity index (χ4v) is 4.57. The molecule has 0 saturated carbocycles. The molecule has 2 aromatic carbocycles. The maximum atomic E-state index is 13.2. The number of hydrogen-bond donors (Lipinski definition) is 0. The number of thiazole rings is 1. The molecule has 0 aliphatic carbocycles. The maximum Gasteiger partial charge on any atom is 0.186 e. The highest BCUT2D eigenvalue weighted by molar-refractivity contribution is 7.22. The molecule has 0 amide bonds. The second-order valence-electron chi connectivity index (χ2n) is 6.77. The number of hydrogen-bond acceptors (Lipinski definition) is 5. The van der Waals surface area contributed by atoms with Gasteiger partial charge in [-0.25, -0.2) is 9.37 Å². The van der Waals surface area contributed by atoms with Crippen molar-refractivity contribution in [3.8, 4) is 11.3 Å². The van der Waals surface area contributed by atoms with Crippen molar-refractivity contribution in [3.05, 3.63) is 65.1 Å². The van der Waals surface area contributed by atoms with Gasteiger partial charge in [0.15, 0.2) is 10.9 Å². The number of halogens is 1.